The molecule has 2 aromatic rings. The number of sulfonamides is 1. The average molecular weight is 493 g/mol. The summed E-state index contributed by atoms with van der Waals surface area (Å²) in [6.45, 7) is 1.04. The maximum Gasteiger partial charge on any atom is 0.416 e. The third-order valence-electron chi connectivity index (χ3n) is 4.60. The highest BCUT2D eigenvalue weighted by molar-refractivity contribution is 7.92. The van der Waals surface area contributed by atoms with E-state index in [0.717, 1.165) is 24.6 Å². The van der Waals surface area contributed by atoms with Crippen molar-refractivity contribution < 1.29 is 34.8 Å². The first-order valence-corrected chi connectivity index (χ1v) is 13.1. The van der Waals surface area contributed by atoms with Gasteiger partial charge in [-0.3, -0.25) is 9.10 Å². The quantitative estimate of drug-likeness (QED) is 0.610. The molecule has 0 radical (unpaired) electrons. The zero-order chi connectivity index (χ0) is 24.3. The topological polar surface area (TPSA) is 101 Å². The highest BCUT2D eigenvalue weighted by Gasteiger charge is 2.32. The minimum Gasteiger partial charge on any atom is -0.348 e. The molecular weight excluding hydrogens is 469 g/mol. The van der Waals surface area contributed by atoms with Crippen molar-refractivity contribution in [2.75, 3.05) is 23.4 Å². The van der Waals surface area contributed by atoms with Crippen LogP contribution in [0.5, 0.6) is 0 Å². The van der Waals surface area contributed by atoms with Crippen molar-refractivity contribution in [1.82, 2.24) is 5.32 Å². The summed E-state index contributed by atoms with van der Waals surface area (Å²) in [4.78, 5) is 12.7. The molecule has 1 amide bonds. The first-order valence-electron chi connectivity index (χ1n) is 9.37. The van der Waals surface area contributed by atoms with Gasteiger partial charge in [0.15, 0.2) is 9.84 Å². The molecule has 1 N–H and O–H groups in total. The van der Waals surface area contributed by atoms with Gasteiger partial charge < -0.3 is 5.32 Å². The van der Waals surface area contributed by atoms with Crippen LogP contribution in [0.2, 0.25) is 0 Å². The van der Waals surface area contributed by atoms with Crippen LogP contribution in [-0.4, -0.2) is 41.8 Å². The molecule has 0 aliphatic heterocycles. The predicted octanol–water partition coefficient (Wildman–Crippen LogP) is 3.14. The Hall–Kier alpha value is -2.60. The van der Waals surface area contributed by atoms with E-state index < -0.39 is 50.1 Å². The highest BCUT2D eigenvalue weighted by Crippen LogP contribution is 2.32. The molecule has 2 aromatic carbocycles. The Morgan fingerprint density at radius 3 is 2.09 bits per heavy atom. The number of halogens is 3. The standard InChI is InChI=1S/C20H23F3N2O5S2/c1-4-18(14-8-10-17(11-9-14)31(2,27)28)24-19(26)13-25(32(3,29)30)16-7-5-6-15(12-16)20(21,22)23/h5-12,18H,4,13H2,1-3H3,(H,24,26). The monoisotopic (exact) mass is 492 g/mol. The second-order valence-corrected chi connectivity index (χ2v) is 11.1. The van der Waals surface area contributed by atoms with Gasteiger partial charge in [0.25, 0.3) is 0 Å². The second kappa shape index (κ2) is 9.49. The lowest BCUT2D eigenvalue weighted by Crippen LogP contribution is -2.41. The van der Waals surface area contributed by atoms with Gasteiger partial charge in [0, 0.05) is 6.26 Å². The number of sulfone groups is 1. The van der Waals surface area contributed by atoms with Crippen LogP contribution in [-0.2, 0) is 30.8 Å². The van der Waals surface area contributed by atoms with Crippen molar-refractivity contribution in [2.24, 2.45) is 0 Å². The number of alkyl halides is 3. The average Bonchev–Trinajstić information content (AvgIpc) is 2.68. The van der Waals surface area contributed by atoms with Crippen molar-refractivity contribution in [3.63, 3.8) is 0 Å². The molecule has 0 saturated carbocycles. The first kappa shape index (κ1) is 25.7. The van der Waals surface area contributed by atoms with Crippen molar-refractivity contribution in [2.45, 2.75) is 30.5 Å². The normalized spacial score (nSPS) is 13.4. The third kappa shape index (κ3) is 6.70. The van der Waals surface area contributed by atoms with E-state index in [0.29, 0.717) is 22.4 Å². The van der Waals surface area contributed by atoms with Gasteiger partial charge >= 0.3 is 6.18 Å². The minimum atomic E-state index is -4.67. The van der Waals surface area contributed by atoms with Crippen LogP contribution in [0.15, 0.2) is 53.4 Å². The lowest BCUT2D eigenvalue weighted by molar-refractivity contribution is -0.137. The van der Waals surface area contributed by atoms with Crippen molar-refractivity contribution >= 4 is 31.5 Å². The van der Waals surface area contributed by atoms with Gasteiger partial charge in [0.05, 0.1) is 28.4 Å². The number of carbonyl (C=O) groups excluding carboxylic acids is 1. The summed E-state index contributed by atoms with van der Waals surface area (Å²) in [5, 5.41) is 2.64. The van der Waals surface area contributed by atoms with Gasteiger partial charge in [0.2, 0.25) is 15.9 Å². The molecule has 0 saturated heterocycles. The lowest BCUT2D eigenvalue weighted by atomic mass is 10.0. The van der Waals surface area contributed by atoms with Crippen LogP contribution in [0.3, 0.4) is 0 Å². The number of nitrogens with zero attached hydrogens (tertiary/aromatic N) is 1. The zero-order valence-corrected chi connectivity index (χ0v) is 19.2. The largest absolute Gasteiger partial charge is 0.416 e. The van der Waals surface area contributed by atoms with Gasteiger partial charge in [-0.1, -0.05) is 25.1 Å². The van der Waals surface area contributed by atoms with E-state index in [1.54, 1.807) is 6.92 Å². The number of amides is 1. The Balaban J connectivity index is 2.25. The Bertz CT molecular complexity index is 1180. The Labute approximate surface area is 185 Å². The van der Waals surface area contributed by atoms with E-state index >= 15 is 0 Å². The first-order chi connectivity index (χ1) is 14.6. The number of hydrogen-bond donors (Lipinski definition) is 1. The van der Waals surface area contributed by atoms with Crippen LogP contribution in [0.1, 0.15) is 30.5 Å². The SMILES string of the molecule is CCC(NC(=O)CN(c1cccc(C(F)(F)F)c1)S(C)(=O)=O)c1ccc(S(C)(=O)=O)cc1. The smallest absolute Gasteiger partial charge is 0.348 e. The Morgan fingerprint density at radius 1 is 1.03 bits per heavy atom. The maximum absolute atomic E-state index is 13.0. The van der Waals surface area contributed by atoms with E-state index in [4.69, 9.17) is 0 Å². The molecule has 0 spiro atoms. The van der Waals surface area contributed by atoms with Gasteiger partial charge in [-0.15, -0.1) is 0 Å². The van der Waals surface area contributed by atoms with Crippen LogP contribution in [0.25, 0.3) is 0 Å². The summed E-state index contributed by atoms with van der Waals surface area (Å²) >= 11 is 0. The second-order valence-electron chi connectivity index (χ2n) is 7.19. The summed E-state index contributed by atoms with van der Waals surface area (Å²) in [6, 6.07) is 9.00. The van der Waals surface area contributed by atoms with Crippen LogP contribution >= 0.6 is 0 Å². The number of benzene rings is 2. The van der Waals surface area contributed by atoms with Crippen LogP contribution in [0.4, 0.5) is 18.9 Å². The summed E-state index contributed by atoms with van der Waals surface area (Å²) in [5.41, 5.74) is -0.734. The van der Waals surface area contributed by atoms with Crippen LogP contribution < -0.4 is 9.62 Å². The number of rotatable bonds is 8. The maximum atomic E-state index is 13.0. The third-order valence-corrected chi connectivity index (χ3v) is 6.87. The Kier molecular flexibility index (Phi) is 7.61. The van der Waals surface area contributed by atoms with E-state index in [-0.39, 0.29) is 10.6 Å². The molecule has 1 atom stereocenters. The van der Waals surface area contributed by atoms with Gasteiger partial charge in [0.1, 0.15) is 6.54 Å². The fourth-order valence-electron chi connectivity index (χ4n) is 2.98. The molecule has 0 bridgehead atoms. The molecule has 0 heterocycles. The molecule has 12 heteroatoms. The van der Waals surface area contributed by atoms with E-state index in [1.807, 2.05) is 0 Å². The lowest BCUT2D eigenvalue weighted by Gasteiger charge is -2.24. The van der Waals surface area contributed by atoms with E-state index in [2.05, 4.69) is 5.32 Å². The molecule has 0 fully saturated rings. The minimum absolute atomic E-state index is 0.107. The molecule has 7 nitrogen and oxygen atoms in total. The molecule has 0 aromatic heterocycles. The van der Waals surface area contributed by atoms with Crippen molar-refractivity contribution in [1.29, 1.82) is 0 Å². The molecular formula is C20H23F3N2O5S2. The molecule has 0 aliphatic rings. The van der Waals surface area contributed by atoms with E-state index in [1.165, 1.54) is 30.3 Å². The fraction of sp³-hybridized carbons (Fsp3) is 0.350. The van der Waals surface area contributed by atoms with Crippen molar-refractivity contribution in [3.8, 4) is 0 Å². The molecule has 0 aliphatic carbocycles. The molecule has 2 rings (SSSR count). The summed E-state index contributed by atoms with van der Waals surface area (Å²) in [7, 11) is -7.46. The highest BCUT2D eigenvalue weighted by atomic mass is 32.2. The molecule has 176 valence electrons. The van der Waals surface area contributed by atoms with Crippen molar-refractivity contribution in [3.05, 3.63) is 59.7 Å². The number of hydrogen-bond acceptors (Lipinski definition) is 5. The number of carbonyl (C=O) groups is 1. The summed E-state index contributed by atoms with van der Waals surface area (Å²) in [5.74, 6) is -0.730. The summed E-state index contributed by atoms with van der Waals surface area (Å²) in [6.07, 6.45) is -2.41. The van der Waals surface area contributed by atoms with Crippen LogP contribution in [0, 0.1) is 0 Å². The Morgan fingerprint density at radius 2 is 1.62 bits per heavy atom. The molecule has 32 heavy (non-hydrogen) atoms. The summed E-state index contributed by atoms with van der Waals surface area (Å²) < 4.78 is 87.2. The van der Waals surface area contributed by atoms with Gasteiger partial charge in [-0.2, -0.15) is 13.2 Å². The van der Waals surface area contributed by atoms with E-state index in [9.17, 15) is 34.8 Å². The number of anilines is 1. The number of nitrogens with one attached hydrogen (secondary N) is 1. The fourth-order valence-corrected chi connectivity index (χ4v) is 4.45. The van der Waals surface area contributed by atoms with Gasteiger partial charge in [-0.25, -0.2) is 16.8 Å². The molecule has 1 unspecified atom stereocenters. The zero-order valence-electron chi connectivity index (χ0n) is 17.5. The van der Waals surface area contributed by atoms with Gasteiger partial charge in [-0.05, 0) is 42.3 Å². The predicted molar refractivity (Wildman–Crippen MR) is 114 cm³/mol.